The molecule has 0 aliphatic heterocycles. The van der Waals surface area contributed by atoms with Crippen LogP contribution in [-0.2, 0) is 0 Å². The summed E-state index contributed by atoms with van der Waals surface area (Å²) < 4.78 is 11.1. The van der Waals surface area contributed by atoms with E-state index in [0.717, 1.165) is 29.7 Å². The van der Waals surface area contributed by atoms with E-state index in [1.807, 2.05) is 18.2 Å². The molecule has 3 N–H and O–H groups in total. The second kappa shape index (κ2) is 7.67. The van der Waals surface area contributed by atoms with Gasteiger partial charge in [0.15, 0.2) is 0 Å². The van der Waals surface area contributed by atoms with E-state index in [1.54, 1.807) is 18.4 Å². The molecular formula is C18H19N3O4. The summed E-state index contributed by atoms with van der Waals surface area (Å²) >= 11 is 0. The molecule has 2 aromatic rings. The van der Waals surface area contributed by atoms with Crippen molar-refractivity contribution in [2.45, 2.75) is 12.8 Å². The summed E-state index contributed by atoms with van der Waals surface area (Å²) in [4.78, 5) is 15.3. The van der Waals surface area contributed by atoms with Gasteiger partial charge in [0, 0.05) is 5.56 Å². The maximum absolute atomic E-state index is 10.7. The molecule has 0 atom stereocenters. The van der Waals surface area contributed by atoms with Crippen LogP contribution < -0.4 is 10.5 Å². The number of amides is 2. The highest BCUT2D eigenvalue weighted by Crippen LogP contribution is 2.27. The minimum absolute atomic E-state index is 0.0246. The first-order chi connectivity index (χ1) is 12.1. The summed E-state index contributed by atoms with van der Waals surface area (Å²) in [5, 5.41) is 9.61. The maximum atomic E-state index is 10.7. The maximum Gasteiger partial charge on any atom is 0.338 e. The fourth-order valence-electron chi connectivity index (χ4n) is 2.42. The van der Waals surface area contributed by atoms with Crippen molar-refractivity contribution in [3.05, 3.63) is 54.5 Å². The van der Waals surface area contributed by atoms with E-state index >= 15 is 0 Å². The average Bonchev–Trinajstić information content (AvgIpc) is 3.13. The van der Waals surface area contributed by atoms with E-state index in [1.165, 1.54) is 0 Å². The number of nitrogens with zero attached hydrogens (tertiary/aromatic N) is 2. The number of benzene rings is 1. The Hall–Kier alpha value is -3.06. The first-order valence-corrected chi connectivity index (χ1v) is 7.95. The third-order valence-corrected chi connectivity index (χ3v) is 3.70. The third-order valence-electron chi connectivity index (χ3n) is 3.70. The normalized spacial score (nSPS) is 13.4. The lowest BCUT2D eigenvalue weighted by molar-refractivity contribution is -0.0464. The van der Waals surface area contributed by atoms with Gasteiger partial charge in [-0.15, -0.1) is 0 Å². The van der Waals surface area contributed by atoms with Gasteiger partial charge < -0.3 is 14.9 Å². The molecule has 1 aliphatic carbocycles. The van der Waals surface area contributed by atoms with Crippen LogP contribution >= 0.6 is 0 Å². The van der Waals surface area contributed by atoms with Crippen molar-refractivity contribution >= 4 is 11.6 Å². The molecule has 0 unspecified atom stereocenters. The van der Waals surface area contributed by atoms with E-state index in [2.05, 4.69) is 17.1 Å². The monoisotopic (exact) mass is 341 g/mol. The molecule has 0 fully saturated rings. The molecule has 1 heterocycles. The van der Waals surface area contributed by atoms with E-state index in [9.17, 15) is 10.0 Å². The molecule has 7 heteroatoms. The van der Waals surface area contributed by atoms with Gasteiger partial charge in [-0.25, -0.2) is 14.8 Å². The summed E-state index contributed by atoms with van der Waals surface area (Å²) in [6, 6.07) is 6.32. The zero-order valence-electron chi connectivity index (χ0n) is 13.6. The number of carbonyl (C=O) groups is 1. The van der Waals surface area contributed by atoms with Crippen LogP contribution in [0.5, 0.6) is 5.75 Å². The van der Waals surface area contributed by atoms with Crippen molar-refractivity contribution in [2.75, 3.05) is 13.2 Å². The number of ether oxygens (including phenoxy) is 1. The van der Waals surface area contributed by atoms with Crippen molar-refractivity contribution in [3.8, 4) is 17.2 Å². The second-order valence-corrected chi connectivity index (χ2v) is 5.51. The van der Waals surface area contributed by atoms with Crippen molar-refractivity contribution in [1.82, 2.24) is 10.0 Å². The Morgan fingerprint density at radius 2 is 2.28 bits per heavy atom. The second-order valence-electron chi connectivity index (χ2n) is 5.51. The minimum Gasteiger partial charge on any atom is -0.492 e. The van der Waals surface area contributed by atoms with Crippen LogP contribution in [0.1, 0.15) is 18.5 Å². The van der Waals surface area contributed by atoms with Gasteiger partial charge in [-0.1, -0.05) is 24.3 Å². The third kappa shape index (κ3) is 4.27. The smallest absolute Gasteiger partial charge is 0.338 e. The molecular weight excluding hydrogens is 322 g/mol. The Bertz CT molecular complexity index is 810. The largest absolute Gasteiger partial charge is 0.492 e. The Morgan fingerprint density at radius 3 is 3.04 bits per heavy atom. The van der Waals surface area contributed by atoms with Crippen molar-refractivity contribution in [3.63, 3.8) is 0 Å². The number of urea groups is 1. The van der Waals surface area contributed by atoms with Crippen molar-refractivity contribution in [2.24, 2.45) is 5.73 Å². The molecule has 0 saturated carbocycles. The van der Waals surface area contributed by atoms with E-state index in [4.69, 9.17) is 14.9 Å². The fraction of sp³-hybridized carbons (Fsp3) is 0.222. The Balaban J connectivity index is 1.67. The molecule has 0 bridgehead atoms. The van der Waals surface area contributed by atoms with Gasteiger partial charge in [-0.3, -0.25) is 5.21 Å². The topological polar surface area (TPSA) is 102 Å². The quantitative estimate of drug-likeness (QED) is 0.620. The highest BCUT2D eigenvalue weighted by molar-refractivity contribution is 5.73. The highest BCUT2D eigenvalue weighted by atomic mass is 16.5. The predicted molar refractivity (Wildman–Crippen MR) is 91.9 cm³/mol. The number of hydrogen-bond donors (Lipinski definition) is 2. The van der Waals surface area contributed by atoms with Crippen molar-refractivity contribution < 1.29 is 19.2 Å². The Kier molecular flexibility index (Phi) is 5.15. The number of allylic oxidation sites excluding steroid dienone is 4. The molecule has 1 aromatic heterocycles. The Labute approximate surface area is 145 Å². The number of carbonyl (C=O) groups excluding carboxylic acids is 1. The number of nitrogens with two attached hydrogens (primary N) is 1. The van der Waals surface area contributed by atoms with E-state index in [-0.39, 0.29) is 13.2 Å². The van der Waals surface area contributed by atoms with Crippen LogP contribution in [0.2, 0.25) is 0 Å². The summed E-state index contributed by atoms with van der Waals surface area (Å²) in [5.41, 5.74) is 7.57. The fourth-order valence-corrected chi connectivity index (χ4v) is 2.42. The van der Waals surface area contributed by atoms with E-state index < -0.39 is 6.03 Å². The molecule has 130 valence electrons. The molecule has 0 saturated heterocycles. The average molecular weight is 341 g/mol. The van der Waals surface area contributed by atoms with Gasteiger partial charge in [-0.05, 0) is 36.6 Å². The zero-order valence-corrected chi connectivity index (χ0v) is 13.6. The predicted octanol–water partition coefficient (Wildman–Crippen LogP) is 3.22. The Morgan fingerprint density at radius 1 is 1.40 bits per heavy atom. The van der Waals surface area contributed by atoms with Crippen LogP contribution in [-0.4, -0.2) is 34.4 Å². The highest BCUT2D eigenvalue weighted by Gasteiger charge is 2.11. The van der Waals surface area contributed by atoms with Crippen molar-refractivity contribution in [1.29, 1.82) is 0 Å². The first kappa shape index (κ1) is 16.8. The van der Waals surface area contributed by atoms with Gasteiger partial charge in [0.05, 0.1) is 6.54 Å². The summed E-state index contributed by atoms with van der Waals surface area (Å²) in [6.45, 7) is 0.0839. The molecule has 7 nitrogen and oxygen atoms in total. The molecule has 1 aliphatic rings. The number of hydrogen-bond acceptors (Lipinski definition) is 5. The van der Waals surface area contributed by atoms with Crippen LogP contribution in [0.3, 0.4) is 0 Å². The first-order valence-electron chi connectivity index (χ1n) is 7.95. The van der Waals surface area contributed by atoms with Gasteiger partial charge in [0.1, 0.15) is 24.3 Å². The van der Waals surface area contributed by atoms with Gasteiger partial charge in [0.25, 0.3) is 0 Å². The van der Waals surface area contributed by atoms with Crippen LogP contribution in [0, 0.1) is 0 Å². The molecule has 0 spiro atoms. The standard InChI is InChI=1S/C18H19N3O4/c19-18(22)21(23)9-10-24-15-8-4-7-14(11-15)17-20-16(12-25-17)13-5-2-1-3-6-13/h2,4-8,11-12,23H,1,3,9-10H2,(H2,19,22). The van der Waals surface area contributed by atoms with Crippen LogP contribution in [0.15, 0.2) is 53.2 Å². The number of oxazole rings is 1. The number of hydroxylamine groups is 2. The number of primary amides is 1. The van der Waals surface area contributed by atoms with Gasteiger partial charge >= 0.3 is 6.03 Å². The summed E-state index contributed by atoms with van der Waals surface area (Å²) in [7, 11) is 0. The number of aromatic nitrogens is 1. The van der Waals surface area contributed by atoms with E-state index in [0.29, 0.717) is 16.7 Å². The van der Waals surface area contributed by atoms with Crippen LogP contribution in [0.25, 0.3) is 17.0 Å². The lowest BCUT2D eigenvalue weighted by Crippen LogP contribution is -2.35. The lowest BCUT2D eigenvalue weighted by atomic mass is 10.1. The van der Waals surface area contributed by atoms with Crippen LogP contribution in [0.4, 0.5) is 4.79 Å². The summed E-state index contributed by atoms with van der Waals surface area (Å²) in [5.74, 6) is 1.08. The number of rotatable bonds is 6. The minimum atomic E-state index is -0.921. The molecule has 2 amide bonds. The van der Waals surface area contributed by atoms with Gasteiger partial charge in [-0.2, -0.15) is 0 Å². The molecule has 1 aromatic carbocycles. The lowest BCUT2D eigenvalue weighted by Gasteiger charge is -2.12. The summed E-state index contributed by atoms with van der Waals surface area (Å²) in [6.07, 6.45) is 10.00. The van der Waals surface area contributed by atoms with Gasteiger partial charge in [0.2, 0.25) is 5.89 Å². The SMILES string of the molecule is NC(=O)N(O)CCOc1cccc(-c2nc(C3=CCCC=C3)co2)c1. The molecule has 3 rings (SSSR count). The molecule has 0 radical (unpaired) electrons. The zero-order chi connectivity index (χ0) is 17.6. The molecule has 25 heavy (non-hydrogen) atoms.